The Labute approximate surface area is 152 Å². The minimum absolute atomic E-state index is 0.292. The fourth-order valence-corrected chi connectivity index (χ4v) is 2.73. The van der Waals surface area contributed by atoms with Crippen molar-refractivity contribution in [1.29, 1.82) is 0 Å². The molecule has 0 bridgehead atoms. The minimum Gasteiger partial charge on any atom is -0.497 e. The molecule has 2 amide bonds. The van der Waals surface area contributed by atoms with Crippen LogP contribution in [0, 0.1) is 0 Å². The number of carbonyl (C=O) groups is 1. The predicted molar refractivity (Wildman–Crippen MR) is 98.9 cm³/mol. The van der Waals surface area contributed by atoms with E-state index < -0.39 is 6.10 Å². The number of aliphatic hydroxyl groups is 1. The second-order valence-corrected chi connectivity index (χ2v) is 6.07. The van der Waals surface area contributed by atoms with E-state index >= 15 is 0 Å². The maximum atomic E-state index is 12.1. The van der Waals surface area contributed by atoms with Crippen LogP contribution in [0.4, 0.5) is 10.5 Å². The van der Waals surface area contributed by atoms with E-state index in [1.54, 1.807) is 37.4 Å². The summed E-state index contributed by atoms with van der Waals surface area (Å²) in [6.07, 6.45) is 0.0991. The average molecular weight is 357 g/mol. The number of rotatable bonds is 5. The molecule has 7 nitrogen and oxygen atoms in total. The molecule has 1 aliphatic rings. The molecule has 0 saturated carbocycles. The summed E-state index contributed by atoms with van der Waals surface area (Å²) < 4.78 is 10.9. The maximum absolute atomic E-state index is 12.1. The van der Waals surface area contributed by atoms with Gasteiger partial charge in [-0.3, -0.25) is 0 Å². The van der Waals surface area contributed by atoms with E-state index in [0.29, 0.717) is 30.2 Å². The molecule has 2 aromatic rings. The zero-order valence-corrected chi connectivity index (χ0v) is 14.6. The second-order valence-electron chi connectivity index (χ2n) is 6.07. The van der Waals surface area contributed by atoms with Crippen molar-refractivity contribution in [3.8, 4) is 17.2 Å². The first-order valence-corrected chi connectivity index (χ1v) is 8.52. The number of carbonyl (C=O) groups excluding carboxylic acids is 1. The van der Waals surface area contributed by atoms with Crippen LogP contribution in [0.2, 0.25) is 0 Å². The standard InChI is InChI=1S/C19H23N3O4/c1-25-15-3-2-4-16(11-15)26-14-7-5-13(6-8-14)21-19(24)22-17-12-20-10-9-18(17)23/h2-8,11,17-18,20,23H,9-10,12H2,1H3,(H2,21,22,24). The molecule has 1 heterocycles. The molecule has 2 unspecified atom stereocenters. The molecule has 0 aromatic heterocycles. The number of methoxy groups -OCH3 is 1. The molecule has 1 aliphatic heterocycles. The van der Waals surface area contributed by atoms with Gasteiger partial charge >= 0.3 is 6.03 Å². The molecular weight excluding hydrogens is 334 g/mol. The lowest BCUT2D eigenvalue weighted by Crippen LogP contribution is -2.54. The highest BCUT2D eigenvalue weighted by Crippen LogP contribution is 2.26. The van der Waals surface area contributed by atoms with Gasteiger partial charge in [0.2, 0.25) is 0 Å². The summed E-state index contributed by atoms with van der Waals surface area (Å²) in [5.41, 5.74) is 0.638. The number of benzene rings is 2. The van der Waals surface area contributed by atoms with E-state index in [9.17, 15) is 9.90 Å². The Morgan fingerprint density at radius 3 is 2.65 bits per heavy atom. The Hall–Kier alpha value is -2.77. The van der Waals surface area contributed by atoms with Gasteiger partial charge in [-0.25, -0.2) is 4.79 Å². The summed E-state index contributed by atoms with van der Waals surface area (Å²) in [6.45, 7) is 1.32. The van der Waals surface area contributed by atoms with Crippen molar-refractivity contribution >= 4 is 11.7 Å². The predicted octanol–water partition coefficient (Wildman–Crippen LogP) is 2.33. The highest BCUT2D eigenvalue weighted by atomic mass is 16.5. The van der Waals surface area contributed by atoms with E-state index in [0.717, 1.165) is 12.3 Å². The van der Waals surface area contributed by atoms with Crippen LogP contribution >= 0.6 is 0 Å². The number of amides is 2. The van der Waals surface area contributed by atoms with Gasteiger partial charge in [-0.15, -0.1) is 0 Å². The van der Waals surface area contributed by atoms with Crippen molar-refractivity contribution in [2.24, 2.45) is 0 Å². The van der Waals surface area contributed by atoms with Crippen LogP contribution in [0.1, 0.15) is 6.42 Å². The van der Waals surface area contributed by atoms with Gasteiger partial charge in [-0.05, 0) is 49.4 Å². The van der Waals surface area contributed by atoms with Crippen LogP contribution in [-0.4, -0.2) is 43.5 Å². The number of ether oxygens (including phenoxy) is 2. The van der Waals surface area contributed by atoms with Gasteiger partial charge < -0.3 is 30.5 Å². The van der Waals surface area contributed by atoms with Crippen LogP contribution < -0.4 is 25.4 Å². The number of hydrogen-bond donors (Lipinski definition) is 4. The number of nitrogens with one attached hydrogen (secondary N) is 3. The Morgan fingerprint density at radius 2 is 1.92 bits per heavy atom. The van der Waals surface area contributed by atoms with Crippen molar-refractivity contribution in [1.82, 2.24) is 10.6 Å². The van der Waals surface area contributed by atoms with Gasteiger partial charge in [0.25, 0.3) is 0 Å². The van der Waals surface area contributed by atoms with Crippen LogP contribution in [0.15, 0.2) is 48.5 Å². The Balaban J connectivity index is 1.54. The van der Waals surface area contributed by atoms with Crippen LogP contribution in [0.3, 0.4) is 0 Å². The number of piperidine rings is 1. The maximum Gasteiger partial charge on any atom is 0.319 e. The van der Waals surface area contributed by atoms with E-state index in [-0.39, 0.29) is 12.1 Å². The van der Waals surface area contributed by atoms with Crippen LogP contribution in [0.25, 0.3) is 0 Å². The molecule has 7 heteroatoms. The Morgan fingerprint density at radius 1 is 1.15 bits per heavy atom. The zero-order valence-electron chi connectivity index (χ0n) is 14.6. The highest BCUT2D eigenvalue weighted by Gasteiger charge is 2.24. The SMILES string of the molecule is COc1cccc(Oc2ccc(NC(=O)NC3CNCCC3O)cc2)c1. The first-order chi connectivity index (χ1) is 12.6. The molecule has 2 aromatic carbocycles. The van der Waals surface area contributed by atoms with E-state index in [2.05, 4.69) is 16.0 Å². The molecule has 1 fully saturated rings. The summed E-state index contributed by atoms with van der Waals surface area (Å²) in [7, 11) is 1.60. The lowest BCUT2D eigenvalue weighted by molar-refractivity contribution is 0.103. The monoisotopic (exact) mass is 357 g/mol. The van der Waals surface area contributed by atoms with Crippen molar-refractivity contribution < 1.29 is 19.4 Å². The molecule has 0 spiro atoms. The highest BCUT2D eigenvalue weighted by molar-refractivity contribution is 5.89. The molecule has 0 aliphatic carbocycles. The molecule has 26 heavy (non-hydrogen) atoms. The van der Waals surface area contributed by atoms with Crippen LogP contribution in [-0.2, 0) is 0 Å². The first kappa shape index (κ1) is 18.0. The summed E-state index contributed by atoms with van der Waals surface area (Å²) in [4.78, 5) is 12.1. The Bertz CT molecular complexity index is 736. The molecular formula is C19H23N3O4. The second kappa shape index (κ2) is 8.55. The van der Waals surface area contributed by atoms with Gasteiger partial charge in [-0.2, -0.15) is 0 Å². The van der Waals surface area contributed by atoms with Gasteiger partial charge in [0.1, 0.15) is 17.2 Å². The molecule has 138 valence electrons. The van der Waals surface area contributed by atoms with Crippen molar-refractivity contribution in [3.05, 3.63) is 48.5 Å². The quantitative estimate of drug-likeness (QED) is 0.659. The number of urea groups is 1. The fourth-order valence-electron chi connectivity index (χ4n) is 2.73. The molecule has 4 N–H and O–H groups in total. The van der Waals surface area contributed by atoms with Gasteiger partial charge in [0, 0.05) is 18.3 Å². The normalized spacial score (nSPS) is 19.5. The zero-order chi connectivity index (χ0) is 18.4. The smallest absolute Gasteiger partial charge is 0.319 e. The minimum atomic E-state index is -0.527. The van der Waals surface area contributed by atoms with Gasteiger partial charge in [0.05, 0.1) is 19.3 Å². The van der Waals surface area contributed by atoms with E-state index in [4.69, 9.17) is 9.47 Å². The summed E-state index contributed by atoms with van der Waals surface area (Å²) in [5, 5.41) is 18.6. The van der Waals surface area contributed by atoms with Crippen molar-refractivity contribution in [3.63, 3.8) is 0 Å². The number of hydrogen-bond acceptors (Lipinski definition) is 5. The molecule has 0 radical (unpaired) electrons. The Kier molecular flexibility index (Phi) is 5.93. The number of aliphatic hydroxyl groups excluding tert-OH is 1. The van der Waals surface area contributed by atoms with Gasteiger partial charge in [0.15, 0.2) is 0 Å². The fraction of sp³-hybridized carbons (Fsp3) is 0.316. The molecule has 2 atom stereocenters. The first-order valence-electron chi connectivity index (χ1n) is 8.52. The van der Waals surface area contributed by atoms with Gasteiger partial charge in [-0.1, -0.05) is 6.07 Å². The summed E-state index contributed by atoms with van der Waals surface area (Å²) in [5.74, 6) is 2.04. The molecule has 3 rings (SSSR count). The topological polar surface area (TPSA) is 91.9 Å². The van der Waals surface area contributed by atoms with Crippen molar-refractivity contribution in [2.75, 3.05) is 25.5 Å². The average Bonchev–Trinajstić information content (AvgIpc) is 2.65. The largest absolute Gasteiger partial charge is 0.497 e. The third kappa shape index (κ3) is 4.87. The lowest BCUT2D eigenvalue weighted by Gasteiger charge is -2.29. The van der Waals surface area contributed by atoms with E-state index in [1.807, 2.05) is 18.2 Å². The third-order valence-corrected chi connectivity index (χ3v) is 4.15. The van der Waals surface area contributed by atoms with Crippen molar-refractivity contribution in [2.45, 2.75) is 18.6 Å². The summed E-state index contributed by atoms with van der Waals surface area (Å²) in [6, 6.07) is 13.7. The third-order valence-electron chi connectivity index (χ3n) is 4.15. The van der Waals surface area contributed by atoms with Crippen LogP contribution in [0.5, 0.6) is 17.2 Å². The van der Waals surface area contributed by atoms with E-state index in [1.165, 1.54) is 0 Å². The number of anilines is 1. The molecule has 1 saturated heterocycles. The lowest BCUT2D eigenvalue weighted by atomic mass is 10.0. The summed E-state index contributed by atoms with van der Waals surface area (Å²) >= 11 is 0.